The lowest BCUT2D eigenvalue weighted by Crippen LogP contribution is -2.53. The van der Waals surface area contributed by atoms with Crippen LogP contribution in [0.15, 0.2) is 47.5 Å². The van der Waals surface area contributed by atoms with Gasteiger partial charge in [-0.2, -0.15) is 0 Å². The van der Waals surface area contributed by atoms with Gasteiger partial charge in [-0.05, 0) is 36.2 Å². The number of primary amides is 1. The second kappa shape index (κ2) is 10.6. The second-order valence-corrected chi connectivity index (χ2v) is 7.19. The Morgan fingerprint density at radius 3 is 2.48 bits per heavy atom. The monoisotopic (exact) mass is 431 g/mol. The van der Waals surface area contributed by atoms with Gasteiger partial charge in [0.1, 0.15) is 17.4 Å². The minimum absolute atomic E-state index is 0.143. The molecule has 0 aliphatic carbocycles. The van der Waals surface area contributed by atoms with Gasteiger partial charge in [-0.3, -0.25) is 9.79 Å². The van der Waals surface area contributed by atoms with Gasteiger partial charge in [0.05, 0.1) is 5.69 Å². The smallest absolute Gasteiger partial charge is 0.255 e. The van der Waals surface area contributed by atoms with Gasteiger partial charge in [-0.1, -0.05) is 12.1 Å². The van der Waals surface area contributed by atoms with E-state index in [0.29, 0.717) is 44.2 Å². The maximum absolute atomic E-state index is 14.0. The molecular weight excluding hydrogens is 404 g/mol. The van der Waals surface area contributed by atoms with Crippen LogP contribution < -0.4 is 20.7 Å². The fourth-order valence-corrected chi connectivity index (χ4v) is 3.45. The molecule has 0 radical (unpaired) electrons. The first-order valence-corrected chi connectivity index (χ1v) is 10.1. The van der Waals surface area contributed by atoms with Crippen molar-refractivity contribution in [3.63, 3.8) is 0 Å². The Hall–Kier alpha value is -3.36. The Balaban J connectivity index is 1.46. The molecule has 1 aliphatic rings. The Morgan fingerprint density at radius 2 is 1.84 bits per heavy atom. The molecule has 9 heteroatoms. The highest BCUT2D eigenvalue weighted by Crippen LogP contribution is 2.22. The number of carbonyl (C=O) groups is 1. The maximum Gasteiger partial charge on any atom is 0.255 e. The average molecular weight is 431 g/mol. The lowest BCUT2D eigenvalue weighted by Gasteiger charge is -2.37. The lowest BCUT2D eigenvalue weighted by molar-refractivity contribution is -0.119. The SMILES string of the molecule is CN=C(NCCc1ccc(OCC(N)=O)cc1)N1CCN(c2cc(F)ccc2F)CC1. The highest BCUT2D eigenvalue weighted by molar-refractivity contribution is 5.80. The number of halogens is 2. The third-order valence-corrected chi connectivity index (χ3v) is 5.04. The van der Waals surface area contributed by atoms with E-state index in [9.17, 15) is 13.6 Å². The fourth-order valence-electron chi connectivity index (χ4n) is 3.45. The van der Waals surface area contributed by atoms with Gasteiger partial charge >= 0.3 is 0 Å². The average Bonchev–Trinajstić information content (AvgIpc) is 2.78. The van der Waals surface area contributed by atoms with Gasteiger partial charge in [0.15, 0.2) is 12.6 Å². The van der Waals surface area contributed by atoms with Crippen molar-refractivity contribution >= 4 is 17.6 Å². The van der Waals surface area contributed by atoms with Crippen molar-refractivity contribution < 1.29 is 18.3 Å². The summed E-state index contributed by atoms with van der Waals surface area (Å²) in [7, 11) is 1.73. The van der Waals surface area contributed by atoms with E-state index in [2.05, 4.69) is 15.2 Å². The zero-order valence-electron chi connectivity index (χ0n) is 17.5. The number of amides is 1. The van der Waals surface area contributed by atoms with Gasteiger partial charge in [0.25, 0.3) is 5.91 Å². The first-order chi connectivity index (χ1) is 15.0. The molecule has 3 rings (SSSR count). The first-order valence-electron chi connectivity index (χ1n) is 10.1. The van der Waals surface area contributed by atoms with Crippen molar-refractivity contribution in [3.05, 3.63) is 59.7 Å². The number of nitrogens with zero attached hydrogens (tertiary/aromatic N) is 3. The van der Waals surface area contributed by atoms with Gasteiger partial charge in [-0.15, -0.1) is 0 Å². The predicted octanol–water partition coefficient (Wildman–Crippen LogP) is 1.77. The van der Waals surface area contributed by atoms with Crippen molar-refractivity contribution in [2.75, 3.05) is 51.3 Å². The van der Waals surface area contributed by atoms with Crippen molar-refractivity contribution in [1.29, 1.82) is 0 Å². The number of benzene rings is 2. The Bertz CT molecular complexity index is 913. The number of piperazine rings is 1. The highest BCUT2D eigenvalue weighted by Gasteiger charge is 2.21. The van der Waals surface area contributed by atoms with Crippen LogP contribution in [0.25, 0.3) is 0 Å². The quantitative estimate of drug-likeness (QED) is 0.516. The van der Waals surface area contributed by atoms with Crippen molar-refractivity contribution in [3.8, 4) is 5.75 Å². The van der Waals surface area contributed by atoms with Crippen LogP contribution in [0, 0.1) is 11.6 Å². The molecule has 2 aromatic rings. The number of hydrogen-bond donors (Lipinski definition) is 2. The molecule has 2 aromatic carbocycles. The van der Waals surface area contributed by atoms with Gasteiger partial charge < -0.3 is 25.6 Å². The zero-order chi connectivity index (χ0) is 22.2. The van der Waals surface area contributed by atoms with E-state index in [4.69, 9.17) is 10.5 Å². The van der Waals surface area contributed by atoms with Crippen LogP contribution in [0.4, 0.5) is 14.5 Å². The Kier molecular flexibility index (Phi) is 7.64. The van der Waals surface area contributed by atoms with Crippen LogP contribution in [0.2, 0.25) is 0 Å². The number of aliphatic imine (C=N–C) groups is 1. The summed E-state index contributed by atoms with van der Waals surface area (Å²) in [4.78, 5) is 19.1. The molecule has 1 amide bonds. The molecule has 0 spiro atoms. The third kappa shape index (κ3) is 6.31. The number of nitrogens with one attached hydrogen (secondary N) is 1. The van der Waals surface area contributed by atoms with E-state index in [0.717, 1.165) is 30.1 Å². The number of nitrogens with two attached hydrogens (primary N) is 1. The number of rotatable bonds is 7. The number of ether oxygens (including phenoxy) is 1. The van der Waals surface area contributed by atoms with Gasteiger partial charge in [-0.25, -0.2) is 8.78 Å². The summed E-state index contributed by atoms with van der Waals surface area (Å²) in [5, 5.41) is 3.35. The summed E-state index contributed by atoms with van der Waals surface area (Å²) in [5.41, 5.74) is 6.48. The third-order valence-electron chi connectivity index (χ3n) is 5.04. The summed E-state index contributed by atoms with van der Waals surface area (Å²) in [6.45, 7) is 3.01. The Labute approximate surface area is 180 Å². The molecule has 3 N–H and O–H groups in total. The van der Waals surface area contributed by atoms with E-state index >= 15 is 0 Å². The summed E-state index contributed by atoms with van der Waals surface area (Å²) in [6.07, 6.45) is 0.781. The molecule has 1 saturated heterocycles. The summed E-state index contributed by atoms with van der Waals surface area (Å²) in [6, 6.07) is 11.0. The minimum atomic E-state index is -0.512. The van der Waals surface area contributed by atoms with Gasteiger partial charge in [0, 0.05) is 45.8 Å². The second-order valence-electron chi connectivity index (χ2n) is 7.19. The van der Waals surface area contributed by atoms with Gasteiger partial charge in [0.2, 0.25) is 0 Å². The van der Waals surface area contributed by atoms with Crippen LogP contribution >= 0.6 is 0 Å². The van der Waals surface area contributed by atoms with Crippen molar-refractivity contribution in [2.45, 2.75) is 6.42 Å². The Morgan fingerprint density at radius 1 is 1.13 bits per heavy atom. The molecule has 166 valence electrons. The van der Waals surface area contributed by atoms with E-state index in [1.54, 1.807) is 19.2 Å². The van der Waals surface area contributed by atoms with E-state index in [1.165, 1.54) is 6.07 Å². The largest absolute Gasteiger partial charge is 0.484 e. The number of guanidine groups is 1. The molecule has 31 heavy (non-hydrogen) atoms. The highest BCUT2D eigenvalue weighted by atomic mass is 19.1. The summed E-state index contributed by atoms with van der Waals surface area (Å²) >= 11 is 0. The molecule has 0 unspecified atom stereocenters. The summed E-state index contributed by atoms with van der Waals surface area (Å²) in [5.74, 6) is 0.00781. The van der Waals surface area contributed by atoms with Crippen LogP contribution in [-0.2, 0) is 11.2 Å². The van der Waals surface area contributed by atoms with Crippen molar-refractivity contribution in [2.24, 2.45) is 10.7 Å². The molecule has 1 heterocycles. The van der Waals surface area contributed by atoms with Crippen LogP contribution in [0.5, 0.6) is 5.75 Å². The molecule has 0 saturated carbocycles. The summed E-state index contributed by atoms with van der Waals surface area (Å²) < 4.78 is 32.7. The van der Waals surface area contributed by atoms with Crippen LogP contribution in [0.3, 0.4) is 0 Å². The van der Waals surface area contributed by atoms with Crippen LogP contribution in [-0.4, -0.2) is 63.1 Å². The lowest BCUT2D eigenvalue weighted by atomic mass is 10.1. The minimum Gasteiger partial charge on any atom is -0.484 e. The number of carbonyl (C=O) groups excluding carboxylic acids is 1. The van der Waals surface area contributed by atoms with E-state index < -0.39 is 17.5 Å². The molecule has 0 aromatic heterocycles. The normalized spacial score (nSPS) is 14.5. The maximum atomic E-state index is 14.0. The first kappa shape index (κ1) is 22.3. The molecular formula is C22H27F2N5O2. The fraction of sp³-hybridized carbons (Fsp3) is 0.364. The topological polar surface area (TPSA) is 83.2 Å². The van der Waals surface area contributed by atoms with Crippen molar-refractivity contribution in [1.82, 2.24) is 10.2 Å². The molecule has 0 bridgehead atoms. The zero-order valence-corrected chi connectivity index (χ0v) is 17.5. The van der Waals surface area contributed by atoms with Crippen LogP contribution in [0.1, 0.15) is 5.56 Å². The standard InChI is InChI=1S/C22H27F2N5O2/c1-26-22(27-9-8-16-2-5-18(6-3-16)31-15-21(25)30)29-12-10-28(11-13-29)20-14-17(23)4-7-19(20)24/h2-7,14H,8-13,15H2,1H3,(H2,25,30)(H,26,27). The predicted molar refractivity (Wildman–Crippen MR) is 116 cm³/mol. The molecule has 7 nitrogen and oxygen atoms in total. The molecule has 1 aliphatic heterocycles. The molecule has 1 fully saturated rings. The molecule has 0 atom stereocenters. The number of anilines is 1. The van der Waals surface area contributed by atoms with E-state index in [-0.39, 0.29) is 6.61 Å². The number of hydrogen-bond acceptors (Lipinski definition) is 4. The van der Waals surface area contributed by atoms with E-state index in [1.807, 2.05) is 17.0 Å².